The van der Waals surface area contributed by atoms with Gasteiger partial charge in [-0.1, -0.05) is 54.2 Å². The summed E-state index contributed by atoms with van der Waals surface area (Å²) in [6.45, 7) is 7.84. The van der Waals surface area contributed by atoms with Gasteiger partial charge in [-0.3, -0.25) is 0 Å². The topological polar surface area (TPSA) is 57.1 Å². The van der Waals surface area contributed by atoms with Crippen LogP contribution in [0.3, 0.4) is 0 Å². The Morgan fingerprint density at radius 3 is 2.61 bits per heavy atom. The van der Waals surface area contributed by atoms with Gasteiger partial charge in [0.1, 0.15) is 12.3 Å². The minimum absolute atomic E-state index is 0.359. The van der Waals surface area contributed by atoms with Gasteiger partial charge in [0.15, 0.2) is 11.5 Å². The van der Waals surface area contributed by atoms with Crippen molar-refractivity contribution in [2.24, 2.45) is 5.16 Å². The monoisotopic (exact) mass is 375 g/mol. The minimum Gasteiger partial charge on any atom is -0.493 e. The molecule has 0 aromatic heterocycles. The summed E-state index contributed by atoms with van der Waals surface area (Å²) in [6, 6.07) is 13.2. The van der Waals surface area contributed by atoms with E-state index in [1.165, 1.54) is 0 Å². The third-order valence-electron chi connectivity index (χ3n) is 4.14. The molecule has 0 saturated carbocycles. The summed E-state index contributed by atoms with van der Waals surface area (Å²) in [5, 5.41) is 3.94. The first-order valence-corrected chi connectivity index (χ1v) is 8.80. The lowest BCUT2D eigenvalue weighted by molar-refractivity contribution is -0.136. The molecular formula is C23H21NO4. The third-order valence-corrected chi connectivity index (χ3v) is 4.14. The van der Waals surface area contributed by atoms with Crippen LogP contribution in [0.1, 0.15) is 16.7 Å². The van der Waals surface area contributed by atoms with Crippen molar-refractivity contribution in [1.29, 1.82) is 0 Å². The second kappa shape index (κ2) is 8.86. The van der Waals surface area contributed by atoms with Crippen LogP contribution in [0.15, 0.2) is 78.5 Å². The fourth-order valence-corrected chi connectivity index (χ4v) is 2.91. The maximum atomic E-state index is 12.2. The van der Waals surface area contributed by atoms with Crippen LogP contribution in [0.4, 0.5) is 0 Å². The molecule has 0 aliphatic carbocycles. The van der Waals surface area contributed by atoms with Crippen molar-refractivity contribution in [2.45, 2.75) is 6.42 Å². The molecule has 0 N–H and O–H groups in total. The average Bonchev–Trinajstić information content (AvgIpc) is 3.08. The lowest BCUT2D eigenvalue weighted by Gasteiger charge is -2.15. The third kappa shape index (κ3) is 4.04. The van der Waals surface area contributed by atoms with Crippen LogP contribution in [0, 0.1) is 0 Å². The van der Waals surface area contributed by atoms with Crippen LogP contribution >= 0.6 is 0 Å². The number of benzene rings is 2. The van der Waals surface area contributed by atoms with Gasteiger partial charge in [-0.15, -0.1) is 6.58 Å². The molecule has 0 saturated heterocycles. The fourth-order valence-electron chi connectivity index (χ4n) is 2.91. The normalized spacial score (nSPS) is 14.4. The van der Waals surface area contributed by atoms with Gasteiger partial charge in [-0.2, -0.15) is 0 Å². The van der Waals surface area contributed by atoms with Crippen molar-refractivity contribution in [3.05, 3.63) is 90.0 Å². The molecule has 2 aromatic rings. The van der Waals surface area contributed by atoms with Crippen LogP contribution < -0.4 is 9.47 Å². The number of nitrogens with zero attached hydrogens (tertiary/aromatic N) is 1. The standard InChI is InChI=1S/C23H21NO4/c1-4-9-18-13-16(15-20(26-3)22(18)27-12-5-2)14-19-21(24-28-23(19)25)17-10-7-6-8-11-17/h4-8,10-11,13-15H,1-2,9,12H2,3H3/b19-14-. The zero-order valence-corrected chi connectivity index (χ0v) is 15.7. The van der Waals surface area contributed by atoms with E-state index < -0.39 is 5.97 Å². The largest absolute Gasteiger partial charge is 0.493 e. The number of allylic oxidation sites excluding steroid dienone is 1. The maximum absolute atomic E-state index is 12.2. The Kier molecular flexibility index (Phi) is 6.07. The summed E-state index contributed by atoms with van der Waals surface area (Å²) < 4.78 is 11.3. The molecular weight excluding hydrogens is 354 g/mol. The first kappa shape index (κ1) is 19.2. The second-order valence-electron chi connectivity index (χ2n) is 6.05. The molecule has 1 heterocycles. The first-order valence-electron chi connectivity index (χ1n) is 8.80. The predicted octanol–water partition coefficient (Wildman–Crippen LogP) is 4.33. The van der Waals surface area contributed by atoms with Crippen molar-refractivity contribution in [1.82, 2.24) is 0 Å². The highest BCUT2D eigenvalue weighted by Crippen LogP contribution is 2.35. The number of carbonyl (C=O) groups excluding carboxylic acids is 1. The summed E-state index contributed by atoms with van der Waals surface area (Å²) in [7, 11) is 1.57. The SMILES string of the molecule is C=CCOc1c(CC=C)cc(/C=C2\C(=O)ON=C2c2ccccc2)cc1OC. The molecule has 1 aliphatic rings. The highest BCUT2D eigenvalue weighted by atomic mass is 16.7. The molecule has 142 valence electrons. The molecule has 5 nitrogen and oxygen atoms in total. The van der Waals surface area contributed by atoms with E-state index in [1.807, 2.05) is 42.5 Å². The predicted molar refractivity (Wildman–Crippen MR) is 110 cm³/mol. The Morgan fingerprint density at radius 2 is 1.93 bits per heavy atom. The van der Waals surface area contributed by atoms with Gasteiger partial charge in [0.05, 0.1) is 12.7 Å². The van der Waals surface area contributed by atoms with E-state index in [4.69, 9.17) is 14.3 Å². The minimum atomic E-state index is -0.491. The quantitative estimate of drug-likeness (QED) is 0.391. The van der Waals surface area contributed by atoms with Gasteiger partial charge < -0.3 is 14.3 Å². The number of ether oxygens (including phenoxy) is 2. The molecule has 1 aliphatic heterocycles. The molecule has 2 aromatic carbocycles. The molecule has 0 atom stereocenters. The summed E-state index contributed by atoms with van der Waals surface area (Å²) in [4.78, 5) is 17.2. The highest BCUT2D eigenvalue weighted by Gasteiger charge is 2.27. The number of carbonyl (C=O) groups is 1. The molecule has 5 heteroatoms. The van der Waals surface area contributed by atoms with Gasteiger partial charge in [-0.25, -0.2) is 4.79 Å². The molecule has 0 bridgehead atoms. The molecule has 3 rings (SSSR count). The number of methoxy groups -OCH3 is 1. The van der Waals surface area contributed by atoms with Crippen LogP contribution in [-0.2, 0) is 16.1 Å². The smallest absolute Gasteiger partial charge is 0.368 e. The molecule has 0 radical (unpaired) electrons. The van der Waals surface area contributed by atoms with Crippen molar-refractivity contribution >= 4 is 17.8 Å². The molecule has 0 unspecified atom stereocenters. The van der Waals surface area contributed by atoms with E-state index >= 15 is 0 Å². The second-order valence-corrected chi connectivity index (χ2v) is 6.05. The Hall–Kier alpha value is -3.60. The fraction of sp³-hybridized carbons (Fsp3) is 0.130. The van der Waals surface area contributed by atoms with Gasteiger partial charge in [0, 0.05) is 11.1 Å². The van der Waals surface area contributed by atoms with Crippen LogP contribution in [0.25, 0.3) is 6.08 Å². The Bertz CT molecular complexity index is 958. The Balaban J connectivity index is 2.06. The lowest BCUT2D eigenvalue weighted by atomic mass is 9.99. The van der Waals surface area contributed by atoms with E-state index in [0.717, 1.165) is 16.7 Å². The zero-order chi connectivity index (χ0) is 19.9. The van der Waals surface area contributed by atoms with Gasteiger partial charge in [0.2, 0.25) is 0 Å². The Labute approximate surface area is 164 Å². The maximum Gasteiger partial charge on any atom is 0.368 e. The average molecular weight is 375 g/mol. The molecule has 0 spiro atoms. The Morgan fingerprint density at radius 1 is 1.14 bits per heavy atom. The van der Waals surface area contributed by atoms with E-state index in [1.54, 1.807) is 25.3 Å². The van der Waals surface area contributed by atoms with Crippen molar-refractivity contribution in [3.63, 3.8) is 0 Å². The molecule has 0 fully saturated rings. The van der Waals surface area contributed by atoms with Gasteiger partial charge >= 0.3 is 5.97 Å². The highest BCUT2D eigenvalue weighted by molar-refractivity contribution is 6.31. The van der Waals surface area contributed by atoms with Crippen molar-refractivity contribution < 1.29 is 19.1 Å². The number of hydrogen-bond donors (Lipinski definition) is 0. The lowest BCUT2D eigenvalue weighted by Crippen LogP contribution is -2.07. The molecule has 0 amide bonds. The van der Waals surface area contributed by atoms with Crippen molar-refractivity contribution in [2.75, 3.05) is 13.7 Å². The zero-order valence-electron chi connectivity index (χ0n) is 15.7. The summed E-state index contributed by atoms with van der Waals surface area (Å²) in [5.74, 6) is 0.711. The van der Waals surface area contributed by atoms with E-state index in [-0.39, 0.29) is 0 Å². The van der Waals surface area contributed by atoms with E-state index in [9.17, 15) is 4.79 Å². The van der Waals surface area contributed by atoms with Crippen molar-refractivity contribution in [3.8, 4) is 11.5 Å². The van der Waals surface area contributed by atoms with Gasteiger partial charge in [0.25, 0.3) is 0 Å². The van der Waals surface area contributed by atoms with E-state index in [2.05, 4.69) is 18.3 Å². The molecule has 28 heavy (non-hydrogen) atoms. The summed E-state index contributed by atoms with van der Waals surface area (Å²) >= 11 is 0. The number of hydrogen-bond acceptors (Lipinski definition) is 5. The van der Waals surface area contributed by atoms with Crippen LogP contribution in [0.5, 0.6) is 11.5 Å². The summed E-state index contributed by atoms with van der Waals surface area (Å²) in [5.41, 5.74) is 3.37. The van der Waals surface area contributed by atoms with Crippen LogP contribution in [-0.4, -0.2) is 25.4 Å². The number of rotatable bonds is 8. The summed E-state index contributed by atoms with van der Waals surface area (Å²) in [6.07, 6.45) is 5.79. The number of oxime groups is 1. The van der Waals surface area contributed by atoms with Gasteiger partial charge in [-0.05, 0) is 30.2 Å². The van der Waals surface area contributed by atoms with E-state index in [0.29, 0.717) is 35.8 Å². The van der Waals surface area contributed by atoms with Crippen LogP contribution in [0.2, 0.25) is 0 Å². The first-order chi connectivity index (χ1) is 13.7.